The Morgan fingerprint density at radius 2 is 1.86 bits per heavy atom. The second-order valence-electron chi connectivity index (χ2n) is 4.16. The molecule has 1 aromatic rings. The van der Waals surface area contributed by atoms with E-state index >= 15 is 0 Å². The van der Waals surface area contributed by atoms with Gasteiger partial charge in [-0.1, -0.05) is 0 Å². The van der Waals surface area contributed by atoms with Crippen LogP contribution in [-0.2, 0) is 9.59 Å². The number of nitrogens with one attached hydrogen (secondary N) is 1. The molecule has 0 bridgehead atoms. The number of carboxylic acids is 1. The maximum Gasteiger partial charge on any atom is 0.303 e. The molecular formula is C12H12F2N2O5. The van der Waals surface area contributed by atoms with Gasteiger partial charge in [-0.15, -0.1) is 0 Å². The van der Waals surface area contributed by atoms with Crippen LogP contribution < -0.4 is 5.32 Å². The number of benzene rings is 1. The lowest BCUT2D eigenvalue weighted by atomic mass is 10.2. The Morgan fingerprint density at radius 1 is 1.24 bits per heavy atom. The summed E-state index contributed by atoms with van der Waals surface area (Å²) in [4.78, 5) is 31.6. The number of anilines is 1. The first-order valence-corrected chi connectivity index (χ1v) is 5.97. The smallest absolute Gasteiger partial charge is 0.303 e. The van der Waals surface area contributed by atoms with E-state index in [-0.39, 0.29) is 25.7 Å². The minimum atomic E-state index is -1.51. The van der Waals surface area contributed by atoms with Crippen molar-refractivity contribution >= 4 is 23.3 Å². The summed E-state index contributed by atoms with van der Waals surface area (Å²) in [5, 5.41) is 21.1. The molecule has 21 heavy (non-hydrogen) atoms. The number of unbranched alkanes of at least 4 members (excludes halogenated alkanes) is 1. The minimum Gasteiger partial charge on any atom is -0.481 e. The van der Waals surface area contributed by atoms with Crippen LogP contribution in [0.25, 0.3) is 0 Å². The van der Waals surface area contributed by atoms with Gasteiger partial charge in [-0.25, -0.2) is 8.78 Å². The zero-order chi connectivity index (χ0) is 16.0. The van der Waals surface area contributed by atoms with Gasteiger partial charge in [0.2, 0.25) is 5.91 Å². The molecule has 0 fully saturated rings. The van der Waals surface area contributed by atoms with E-state index in [1.807, 2.05) is 5.32 Å². The van der Waals surface area contributed by atoms with E-state index in [2.05, 4.69) is 0 Å². The van der Waals surface area contributed by atoms with Crippen LogP contribution in [0.2, 0.25) is 0 Å². The van der Waals surface area contributed by atoms with Crippen molar-refractivity contribution in [3.63, 3.8) is 0 Å². The zero-order valence-corrected chi connectivity index (χ0v) is 10.8. The van der Waals surface area contributed by atoms with Gasteiger partial charge in [-0.05, 0) is 18.9 Å². The van der Waals surface area contributed by atoms with Gasteiger partial charge in [-0.3, -0.25) is 19.7 Å². The third-order valence-electron chi connectivity index (χ3n) is 2.58. The zero-order valence-electron chi connectivity index (χ0n) is 10.8. The lowest BCUT2D eigenvalue weighted by molar-refractivity contribution is -0.384. The second-order valence-corrected chi connectivity index (χ2v) is 4.16. The molecule has 0 aliphatic rings. The summed E-state index contributed by atoms with van der Waals surface area (Å²) in [6, 6.07) is 1.34. The normalized spacial score (nSPS) is 10.2. The number of carbonyl (C=O) groups is 2. The molecule has 114 valence electrons. The van der Waals surface area contributed by atoms with E-state index in [4.69, 9.17) is 5.11 Å². The molecule has 0 aliphatic carbocycles. The summed E-state index contributed by atoms with van der Waals surface area (Å²) >= 11 is 0. The molecule has 0 aromatic heterocycles. The SMILES string of the molecule is O=C(O)CCCCC(=O)Nc1c([N+](=O)[O-])ccc(F)c1F. The van der Waals surface area contributed by atoms with Crippen LogP contribution in [0.1, 0.15) is 25.7 Å². The van der Waals surface area contributed by atoms with Crippen molar-refractivity contribution < 1.29 is 28.4 Å². The number of hydrogen-bond acceptors (Lipinski definition) is 4. The maximum atomic E-state index is 13.5. The highest BCUT2D eigenvalue weighted by molar-refractivity contribution is 5.93. The summed E-state index contributed by atoms with van der Waals surface area (Å²) < 4.78 is 26.6. The van der Waals surface area contributed by atoms with Crippen LogP contribution in [0.5, 0.6) is 0 Å². The Kier molecular flexibility index (Phi) is 5.70. The number of halogens is 2. The Labute approximate surface area is 117 Å². The molecule has 0 spiro atoms. The molecule has 0 saturated carbocycles. The second kappa shape index (κ2) is 7.27. The van der Waals surface area contributed by atoms with Crippen molar-refractivity contribution in [3.05, 3.63) is 33.9 Å². The molecule has 1 aromatic carbocycles. The molecule has 0 aliphatic heterocycles. The Morgan fingerprint density at radius 3 is 2.43 bits per heavy atom. The van der Waals surface area contributed by atoms with E-state index in [1.165, 1.54) is 0 Å². The van der Waals surface area contributed by atoms with Crippen LogP contribution in [-0.4, -0.2) is 21.9 Å². The summed E-state index contributed by atoms with van der Waals surface area (Å²) in [5.74, 6) is -4.60. The largest absolute Gasteiger partial charge is 0.481 e. The Balaban J connectivity index is 2.73. The van der Waals surface area contributed by atoms with Crippen molar-refractivity contribution in [2.45, 2.75) is 25.7 Å². The Bertz CT molecular complexity index is 577. The fourth-order valence-electron chi connectivity index (χ4n) is 1.58. The standard InChI is InChI=1S/C12H12F2N2O5/c13-7-5-6-8(16(20)21)12(11(7)14)15-9(17)3-1-2-4-10(18)19/h5-6H,1-4H2,(H,15,17)(H,18,19). The van der Waals surface area contributed by atoms with Crippen LogP contribution in [0.4, 0.5) is 20.2 Å². The van der Waals surface area contributed by atoms with Crippen molar-refractivity contribution in [1.29, 1.82) is 0 Å². The van der Waals surface area contributed by atoms with Gasteiger partial charge >= 0.3 is 5.97 Å². The van der Waals surface area contributed by atoms with E-state index in [1.54, 1.807) is 0 Å². The lowest BCUT2D eigenvalue weighted by Gasteiger charge is -2.07. The molecule has 7 nitrogen and oxygen atoms in total. The third kappa shape index (κ3) is 4.79. The van der Waals surface area contributed by atoms with Crippen LogP contribution >= 0.6 is 0 Å². The number of nitro benzene ring substituents is 1. The van der Waals surface area contributed by atoms with Gasteiger partial charge < -0.3 is 10.4 Å². The highest BCUT2D eigenvalue weighted by atomic mass is 19.2. The molecule has 0 atom stereocenters. The average molecular weight is 302 g/mol. The minimum absolute atomic E-state index is 0.123. The number of carbonyl (C=O) groups excluding carboxylic acids is 1. The lowest BCUT2D eigenvalue weighted by Crippen LogP contribution is -2.14. The average Bonchev–Trinajstić information content (AvgIpc) is 2.39. The van der Waals surface area contributed by atoms with Gasteiger partial charge in [0, 0.05) is 18.9 Å². The fourth-order valence-corrected chi connectivity index (χ4v) is 1.58. The fraction of sp³-hybridized carbons (Fsp3) is 0.333. The first kappa shape index (κ1) is 16.5. The molecular weight excluding hydrogens is 290 g/mol. The van der Waals surface area contributed by atoms with Gasteiger partial charge in [0.15, 0.2) is 17.3 Å². The van der Waals surface area contributed by atoms with Gasteiger partial charge in [0.25, 0.3) is 5.69 Å². The monoisotopic (exact) mass is 302 g/mol. The summed E-state index contributed by atoms with van der Waals surface area (Å²) in [6.45, 7) is 0. The molecule has 1 rings (SSSR count). The van der Waals surface area contributed by atoms with Crippen molar-refractivity contribution in [1.82, 2.24) is 0 Å². The first-order valence-electron chi connectivity index (χ1n) is 5.97. The predicted molar refractivity (Wildman–Crippen MR) is 67.7 cm³/mol. The highest BCUT2D eigenvalue weighted by Gasteiger charge is 2.23. The Hall–Kier alpha value is -2.58. The number of nitrogens with zero attached hydrogens (tertiary/aromatic N) is 1. The number of carboxylic acid groups (broad SMARTS) is 1. The predicted octanol–water partition coefficient (Wildman–Crippen LogP) is 2.46. The van der Waals surface area contributed by atoms with E-state index in [0.29, 0.717) is 6.07 Å². The number of rotatable bonds is 7. The topological polar surface area (TPSA) is 110 Å². The van der Waals surface area contributed by atoms with E-state index in [9.17, 15) is 28.5 Å². The molecule has 0 unspecified atom stereocenters. The third-order valence-corrected chi connectivity index (χ3v) is 2.58. The molecule has 0 saturated heterocycles. The van der Waals surface area contributed by atoms with Gasteiger partial charge in [0.1, 0.15) is 0 Å². The van der Waals surface area contributed by atoms with Crippen molar-refractivity contribution in [3.8, 4) is 0 Å². The maximum absolute atomic E-state index is 13.5. The number of aliphatic carboxylic acids is 1. The van der Waals surface area contributed by atoms with Crippen LogP contribution in [0.15, 0.2) is 12.1 Å². The van der Waals surface area contributed by atoms with Crippen molar-refractivity contribution in [2.75, 3.05) is 5.32 Å². The van der Waals surface area contributed by atoms with Crippen molar-refractivity contribution in [2.24, 2.45) is 0 Å². The molecule has 0 heterocycles. The first-order chi connectivity index (χ1) is 9.82. The number of nitro groups is 1. The summed E-state index contributed by atoms with van der Waals surface area (Å²) in [5.41, 5.74) is -1.59. The summed E-state index contributed by atoms with van der Waals surface area (Å²) in [6.07, 6.45) is 0.168. The van der Waals surface area contributed by atoms with Crippen LogP contribution in [0.3, 0.4) is 0 Å². The summed E-state index contributed by atoms with van der Waals surface area (Å²) in [7, 11) is 0. The molecule has 2 N–H and O–H groups in total. The molecule has 1 amide bonds. The molecule has 9 heteroatoms. The number of hydrogen-bond donors (Lipinski definition) is 2. The van der Waals surface area contributed by atoms with Gasteiger partial charge in [0.05, 0.1) is 4.92 Å². The van der Waals surface area contributed by atoms with E-state index < -0.39 is 39.8 Å². The number of amides is 1. The van der Waals surface area contributed by atoms with Crippen LogP contribution in [0, 0.1) is 21.7 Å². The molecule has 0 radical (unpaired) electrons. The quantitative estimate of drug-likeness (QED) is 0.456. The highest BCUT2D eigenvalue weighted by Crippen LogP contribution is 2.29. The van der Waals surface area contributed by atoms with E-state index in [0.717, 1.165) is 6.07 Å². The van der Waals surface area contributed by atoms with Gasteiger partial charge in [-0.2, -0.15) is 0 Å².